The number of hydrogen-bond donors (Lipinski definition) is 1. The van der Waals surface area contributed by atoms with Crippen molar-refractivity contribution in [3.63, 3.8) is 0 Å². The van der Waals surface area contributed by atoms with Crippen LogP contribution in [0.15, 0.2) is 24.3 Å². The third-order valence-corrected chi connectivity index (χ3v) is 2.00. The SMILES string of the molecule is CCC.CCCNCc1ccccc1C. The Morgan fingerprint density at radius 2 is 1.67 bits per heavy atom. The van der Waals surface area contributed by atoms with Gasteiger partial charge in [0, 0.05) is 6.54 Å². The minimum absolute atomic E-state index is 1.00. The van der Waals surface area contributed by atoms with Gasteiger partial charge in [-0.05, 0) is 31.0 Å². The Morgan fingerprint density at radius 3 is 2.20 bits per heavy atom. The van der Waals surface area contributed by atoms with Crippen LogP contribution >= 0.6 is 0 Å². The van der Waals surface area contributed by atoms with Crippen molar-refractivity contribution < 1.29 is 0 Å². The van der Waals surface area contributed by atoms with Crippen LogP contribution in [0, 0.1) is 6.92 Å². The first-order valence-electron chi connectivity index (χ1n) is 6.01. The molecule has 0 aliphatic heterocycles. The number of benzene rings is 1. The van der Waals surface area contributed by atoms with E-state index in [0.717, 1.165) is 13.1 Å². The van der Waals surface area contributed by atoms with Gasteiger partial charge in [0.2, 0.25) is 0 Å². The molecule has 1 aromatic rings. The van der Waals surface area contributed by atoms with E-state index < -0.39 is 0 Å². The maximum Gasteiger partial charge on any atom is 0.0208 e. The van der Waals surface area contributed by atoms with Gasteiger partial charge in [-0.1, -0.05) is 51.5 Å². The molecule has 0 aliphatic rings. The van der Waals surface area contributed by atoms with Crippen molar-refractivity contribution in [3.05, 3.63) is 35.4 Å². The molecule has 0 fully saturated rings. The lowest BCUT2D eigenvalue weighted by Gasteiger charge is -2.05. The molecule has 1 N–H and O–H groups in total. The molecule has 0 amide bonds. The second-order valence-corrected chi connectivity index (χ2v) is 3.81. The molecule has 0 bridgehead atoms. The minimum atomic E-state index is 1.00. The lowest BCUT2D eigenvalue weighted by molar-refractivity contribution is 0.673. The van der Waals surface area contributed by atoms with Crippen molar-refractivity contribution in [3.8, 4) is 0 Å². The summed E-state index contributed by atoms with van der Waals surface area (Å²) in [4.78, 5) is 0. The van der Waals surface area contributed by atoms with Gasteiger partial charge in [-0.3, -0.25) is 0 Å². The van der Waals surface area contributed by atoms with E-state index in [1.54, 1.807) is 0 Å². The lowest BCUT2D eigenvalue weighted by atomic mass is 10.1. The van der Waals surface area contributed by atoms with Crippen molar-refractivity contribution in [1.82, 2.24) is 5.32 Å². The Morgan fingerprint density at radius 1 is 1.07 bits per heavy atom. The van der Waals surface area contributed by atoms with Gasteiger partial charge in [0.15, 0.2) is 0 Å². The van der Waals surface area contributed by atoms with E-state index in [9.17, 15) is 0 Å². The van der Waals surface area contributed by atoms with Crippen molar-refractivity contribution >= 4 is 0 Å². The van der Waals surface area contributed by atoms with E-state index in [2.05, 4.69) is 57.3 Å². The van der Waals surface area contributed by atoms with Crippen LogP contribution in [0.1, 0.15) is 44.7 Å². The smallest absolute Gasteiger partial charge is 0.0208 e. The van der Waals surface area contributed by atoms with Crippen LogP contribution in [-0.2, 0) is 6.54 Å². The molecule has 0 radical (unpaired) electrons. The van der Waals surface area contributed by atoms with Gasteiger partial charge in [0.05, 0.1) is 0 Å². The third-order valence-electron chi connectivity index (χ3n) is 2.00. The summed E-state index contributed by atoms with van der Waals surface area (Å²) in [6.45, 7) is 10.7. The second-order valence-electron chi connectivity index (χ2n) is 3.81. The Hall–Kier alpha value is -0.820. The highest BCUT2D eigenvalue weighted by Gasteiger charge is 1.94. The van der Waals surface area contributed by atoms with Crippen molar-refractivity contribution in [1.29, 1.82) is 0 Å². The van der Waals surface area contributed by atoms with Crippen LogP contribution < -0.4 is 5.32 Å². The minimum Gasteiger partial charge on any atom is -0.313 e. The molecule has 0 saturated heterocycles. The van der Waals surface area contributed by atoms with Crippen LogP contribution in [-0.4, -0.2) is 6.54 Å². The van der Waals surface area contributed by atoms with Gasteiger partial charge < -0.3 is 5.32 Å². The van der Waals surface area contributed by atoms with E-state index >= 15 is 0 Å². The summed E-state index contributed by atoms with van der Waals surface area (Å²) >= 11 is 0. The molecule has 1 nitrogen and oxygen atoms in total. The maximum absolute atomic E-state index is 3.39. The monoisotopic (exact) mass is 207 g/mol. The van der Waals surface area contributed by atoms with E-state index in [0.29, 0.717) is 0 Å². The highest BCUT2D eigenvalue weighted by molar-refractivity contribution is 5.25. The zero-order chi connectivity index (χ0) is 11.5. The van der Waals surface area contributed by atoms with Crippen molar-refractivity contribution in [2.45, 2.75) is 47.1 Å². The van der Waals surface area contributed by atoms with E-state index in [4.69, 9.17) is 0 Å². The molecule has 1 heteroatoms. The predicted molar refractivity (Wildman–Crippen MR) is 69.1 cm³/mol. The van der Waals surface area contributed by atoms with Crippen LogP contribution in [0.3, 0.4) is 0 Å². The predicted octanol–water partition coefficient (Wildman–Crippen LogP) is 3.91. The summed E-state index contributed by atoms with van der Waals surface area (Å²) < 4.78 is 0. The van der Waals surface area contributed by atoms with Crippen LogP contribution in [0.5, 0.6) is 0 Å². The zero-order valence-electron chi connectivity index (χ0n) is 10.6. The summed E-state index contributed by atoms with van der Waals surface area (Å²) in [5.41, 5.74) is 2.78. The van der Waals surface area contributed by atoms with Gasteiger partial charge >= 0.3 is 0 Å². The highest BCUT2D eigenvalue weighted by Crippen LogP contribution is 2.05. The summed E-state index contributed by atoms with van der Waals surface area (Å²) in [6.07, 6.45) is 2.45. The second kappa shape index (κ2) is 9.72. The van der Waals surface area contributed by atoms with Crippen molar-refractivity contribution in [2.75, 3.05) is 6.54 Å². The molecule has 1 rings (SSSR count). The van der Waals surface area contributed by atoms with Gasteiger partial charge in [-0.2, -0.15) is 0 Å². The molecule has 86 valence electrons. The Labute approximate surface area is 94.9 Å². The van der Waals surface area contributed by atoms with Gasteiger partial charge in [0.1, 0.15) is 0 Å². The normalized spacial score (nSPS) is 9.33. The van der Waals surface area contributed by atoms with Gasteiger partial charge in [-0.15, -0.1) is 0 Å². The van der Waals surface area contributed by atoms with Gasteiger partial charge in [-0.25, -0.2) is 0 Å². The molecule has 0 aromatic heterocycles. The first-order valence-corrected chi connectivity index (χ1v) is 6.01. The van der Waals surface area contributed by atoms with E-state index in [-0.39, 0.29) is 0 Å². The molecular weight excluding hydrogens is 182 g/mol. The Bertz CT molecular complexity index is 243. The fourth-order valence-corrected chi connectivity index (χ4v) is 1.21. The first kappa shape index (κ1) is 14.2. The molecule has 15 heavy (non-hydrogen) atoms. The Balaban J connectivity index is 0.000000583. The molecule has 0 heterocycles. The average Bonchev–Trinajstić information content (AvgIpc) is 2.22. The average molecular weight is 207 g/mol. The largest absolute Gasteiger partial charge is 0.313 e. The third kappa shape index (κ3) is 7.15. The van der Waals surface area contributed by atoms with Crippen LogP contribution in [0.4, 0.5) is 0 Å². The standard InChI is InChI=1S/C11H17N.C3H8/c1-3-8-12-9-11-7-5-4-6-10(11)2;1-3-2/h4-7,12H,3,8-9H2,1-2H3;3H2,1-2H3. The Kier molecular flexibility index (Phi) is 9.19. The molecule has 0 spiro atoms. The van der Waals surface area contributed by atoms with E-state index in [1.165, 1.54) is 24.0 Å². The van der Waals surface area contributed by atoms with E-state index in [1.807, 2.05) is 0 Å². The molecule has 0 unspecified atom stereocenters. The van der Waals surface area contributed by atoms with Gasteiger partial charge in [0.25, 0.3) is 0 Å². The summed E-state index contributed by atoms with van der Waals surface area (Å²) in [6, 6.07) is 8.51. The first-order chi connectivity index (χ1) is 7.26. The number of hydrogen-bond acceptors (Lipinski definition) is 1. The molecule has 0 aliphatic carbocycles. The van der Waals surface area contributed by atoms with Crippen LogP contribution in [0.25, 0.3) is 0 Å². The fraction of sp³-hybridized carbons (Fsp3) is 0.571. The summed E-state index contributed by atoms with van der Waals surface area (Å²) in [5.74, 6) is 0. The summed E-state index contributed by atoms with van der Waals surface area (Å²) in [7, 11) is 0. The topological polar surface area (TPSA) is 12.0 Å². The van der Waals surface area contributed by atoms with Crippen LogP contribution in [0.2, 0.25) is 0 Å². The number of nitrogens with one attached hydrogen (secondary N) is 1. The number of rotatable bonds is 4. The molecule has 0 saturated carbocycles. The highest BCUT2D eigenvalue weighted by atomic mass is 14.8. The zero-order valence-corrected chi connectivity index (χ0v) is 10.6. The van der Waals surface area contributed by atoms with Crippen molar-refractivity contribution in [2.24, 2.45) is 0 Å². The maximum atomic E-state index is 3.39. The molecule has 1 aromatic carbocycles. The lowest BCUT2D eigenvalue weighted by Crippen LogP contribution is -2.14. The molecule has 0 atom stereocenters. The summed E-state index contributed by atoms with van der Waals surface area (Å²) in [5, 5.41) is 3.39. The number of aryl methyl sites for hydroxylation is 1. The fourth-order valence-electron chi connectivity index (χ4n) is 1.21. The molecular formula is C14H25N. The quantitative estimate of drug-likeness (QED) is 0.738.